The first kappa shape index (κ1) is 14.3. The highest BCUT2D eigenvalue weighted by atomic mass is 32.1. The van der Waals surface area contributed by atoms with Crippen LogP contribution in [0.1, 0.15) is 31.4 Å². The number of aromatic nitrogens is 1. The van der Waals surface area contributed by atoms with E-state index in [-0.39, 0.29) is 0 Å². The van der Waals surface area contributed by atoms with Gasteiger partial charge in [-0.15, -0.1) is 11.3 Å². The molecule has 1 heterocycles. The molecule has 0 spiro atoms. The molecule has 0 bridgehead atoms. The maximum atomic E-state index is 5.04. The number of hydrogen-bond acceptors (Lipinski definition) is 5. The Morgan fingerprint density at radius 2 is 2.00 bits per heavy atom. The van der Waals surface area contributed by atoms with Gasteiger partial charge in [-0.3, -0.25) is 0 Å². The van der Waals surface area contributed by atoms with Crippen LogP contribution < -0.4 is 10.2 Å². The van der Waals surface area contributed by atoms with E-state index in [0.717, 1.165) is 37.2 Å². The van der Waals surface area contributed by atoms with E-state index in [9.17, 15) is 0 Å². The SMILES string of the molecule is COCCNCc1csc(N(CC2CC2)CC2CC2)n1. The Bertz CT molecular complexity index is 401. The third kappa shape index (κ3) is 4.43. The summed E-state index contributed by atoms with van der Waals surface area (Å²) in [5, 5.41) is 6.79. The van der Waals surface area contributed by atoms with E-state index in [4.69, 9.17) is 9.72 Å². The lowest BCUT2D eigenvalue weighted by Crippen LogP contribution is -2.28. The third-order valence-electron chi connectivity index (χ3n) is 3.95. The summed E-state index contributed by atoms with van der Waals surface area (Å²) >= 11 is 1.80. The van der Waals surface area contributed by atoms with Crippen molar-refractivity contribution in [3.8, 4) is 0 Å². The van der Waals surface area contributed by atoms with E-state index < -0.39 is 0 Å². The normalized spacial score (nSPS) is 18.4. The lowest BCUT2D eigenvalue weighted by molar-refractivity contribution is 0.199. The van der Waals surface area contributed by atoms with Crippen LogP contribution in [0.25, 0.3) is 0 Å². The maximum absolute atomic E-state index is 5.04. The van der Waals surface area contributed by atoms with Gasteiger partial charge in [0.15, 0.2) is 5.13 Å². The number of thiazole rings is 1. The molecule has 5 heteroatoms. The van der Waals surface area contributed by atoms with Crippen LogP contribution in [0.2, 0.25) is 0 Å². The Hall–Kier alpha value is -0.650. The van der Waals surface area contributed by atoms with Gasteiger partial charge in [0.25, 0.3) is 0 Å². The van der Waals surface area contributed by atoms with E-state index in [1.54, 1.807) is 18.4 Å². The van der Waals surface area contributed by atoms with Crippen molar-refractivity contribution in [3.05, 3.63) is 11.1 Å². The second kappa shape index (κ2) is 6.87. The van der Waals surface area contributed by atoms with Crippen molar-refractivity contribution in [1.29, 1.82) is 0 Å². The number of nitrogens with zero attached hydrogens (tertiary/aromatic N) is 2. The van der Waals surface area contributed by atoms with Crippen LogP contribution in [0.3, 0.4) is 0 Å². The minimum atomic E-state index is 0.756. The molecule has 3 rings (SSSR count). The molecule has 0 amide bonds. The monoisotopic (exact) mass is 295 g/mol. The van der Waals surface area contributed by atoms with Crippen LogP contribution in [-0.4, -0.2) is 38.3 Å². The van der Waals surface area contributed by atoms with Gasteiger partial charge >= 0.3 is 0 Å². The van der Waals surface area contributed by atoms with Crippen molar-refractivity contribution in [2.45, 2.75) is 32.2 Å². The van der Waals surface area contributed by atoms with Gasteiger partial charge in [0.2, 0.25) is 0 Å². The Kier molecular flexibility index (Phi) is 4.91. The molecule has 2 aliphatic carbocycles. The van der Waals surface area contributed by atoms with Gasteiger partial charge in [0, 0.05) is 38.7 Å². The van der Waals surface area contributed by atoms with E-state index in [0.29, 0.717) is 0 Å². The molecule has 4 nitrogen and oxygen atoms in total. The van der Waals surface area contributed by atoms with Crippen LogP contribution >= 0.6 is 11.3 Å². The predicted octanol–water partition coefficient (Wildman–Crippen LogP) is 2.51. The fourth-order valence-electron chi connectivity index (χ4n) is 2.37. The molecule has 2 aliphatic rings. The highest BCUT2D eigenvalue weighted by Gasteiger charge is 2.30. The second-order valence-electron chi connectivity index (χ2n) is 6.08. The largest absolute Gasteiger partial charge is 0.383 e. The fraction of sp³-hybridized carbons (Fsp3) is 0.800. The molecular weight excluding hydrogens is 270 g/mol. The first-order valence-electron chi connectivity index (χ1n) is 7.74. The van der Waals surface area contributed by atoms with Crippen molar-refractivity contribution in [1.82, 2.24) is 10.3 Å². The lowest BCUT2D eigenvalue weighted by Gasteiger charge is -2.21. The van der Waals surface area contributed by atoms with Gasteiger partial charge in [-0.05, 0) is 37.5 Å². The summed E-state index contributed by atoms with van der Waals surface area (Å²) in [7, 11) is 1.73. The van der Waals surface area contributed by atoms with E-state index >= 15 is 0 Å². The topological polar surface area (TPSA) is 37.4 Å². The number of methoxy groups -OCH3 is 1. The lowest BCUT2D eigenvalue weighted by atomic mass is 10.3. The smallest absolute Gasteiger partial charge is 0.185 e. The Morgan fingerprint density at radius 1 is 1.30 bits per heavy atom. The molecule has 0 aliphatic heterocycles. The summed E-state index contributed by atoms with van der Waals surface area (Å²) in [6.45, 7) is 4.94. The zero-order valence-corrected chi connectivity index (χ0v) is 13.1. The van der Waals surface area contributed by atoms with Crippen LogP contribution in [-0.2, 0) is 11.3 Å². The summed E-state index contributed by atoms with van der Waals surface area (Å²) in [6.07, 6.45) is 5.66. The summed E-state index contributed by atoms with van der Waals surface area (Å²) in [5.41, 5.74) is 1.16. The van der Waals surface area contributed by atoms with Gasteiger partial charge in [0.05, 0.1) is 12.3 Å². The summed E-state index contributed by atoms with van der Waals surface area (Å²) in [4.78, 5) is 7.35. The second-order valence-corrected chi connectivity index (χ2v) is 6.92. The molecule has 2 fully saturated rings. The van der Waals surface area contributed by atoms with Crippen molar-refractivity contribution >= 4 is 16.5 Å². The molecule has 112 valence electrons. The molecule has 1 aromatic heterocycles. The predicted molar refractivity (Wildman–Crippen MR) is 83.4 cm³/mol. The van der Waals surface area contributed by atoms with E-state index in [1.165, 1.54) is 43.9 Å². The number of nitrogens with one attached hydrogen (secondary N) is 1. The molecular formula is C15H25N3OS. The minimum Gasteiger partial charge on any atom is -0.383 e. The number of hydrogen-bond donors (Lipinski definition) is 1. The Morgan fingerprint density at radius 3 is 2.60 bits per heavy atom. The van der Waals surface area contributed by atoms with Crippen LogP contribution in [0.4, 0.5) is 5.13 Å². The zero-order valence-electron chi connectivity index (χ0n) is 12.3. The van der Waals surface area contributed by atoms with Gasteiger partial charge in [0.1, 0.15) is 0 Å². The number of anilines is 1. The van der Waals surface area contributed by atoms with E-state index in [1.807, 2.05) is 0 Å². The summed E-state index contributed by atoms with van der Waals surface area (Å²) in [5.74, 6) is 1.86. The number of rotatable bonds is 10. The molecule has 1 N–H and O–H groups in total. The van der Waals surface area contributed by atoms with Crippen molar-refractivity contribution in [2.24, 2.45) is 11.8 Å². The number of ether oxygens (including phenoxy) is 1. The first-order chi connectivity index (χ1) is 9.85. The van der Waals surface area contributed by atoms with Crippen LogP contribution in [0.15, 0.2) is 5.38 Å². The average molecular weight is 295 g/mol. The molecule has 2 saturated carbocycles. The maximum Gasteiger partial charge on any atom is 0.185 e. The van der Waals surface area contributed by atoms with E-state index in [2.05, 4.69) is 15.6 Å². The fourth-order valence-corrected chi connectivity index (χ4v) is 3.21. The van der Waals surface area contributed by atoms with Gasteiger partial charge in [-0.25, -0.2) is 4.98 Å². The third-order valence-corrected chi connectivity index (χ3v) is 4.90. The van der Waals surface area contributed by atoms with Crippen LogP contribution in [0.5, 0.6) is 0 Å². The molecule has 20 heavy (non-hydrogen) atoms. The van der Waals surface area contributed by atoms with Gasteiger partial charge in [-0.1, -0.05) is 0 Å². The summed E-state index contributed by atoms with van der Waals surface area (Å²) < 4.78 is 5.04. The van der Waals surface area contributed by atoms with Gasteiger partial charge < -0.3 is 15.0 Å². The Balaban J connectivity index is 1.51. The van der Waals surface area contributed by atoms with Gasteiger partial charge in [-0.2, -0.15) is 0 Å². The molecule has 0 saturated heterocycles. The van der Waals surface area contributed by atoms with Crippen LogP contribution in [0, 0.1) is 11.8 Å². The quantitative estimate of drug-likeness (QED) is 0.673. The molecule has 1 aromatic rings. The molecule has 0 atom stereocenters. The van der Waals surface area contributed by atoms with Crippen molar-refractivity contribution in [2.75, 3.05) is 38.3 Å². The standard InChI is InChI=1S/C15H25N3OS/c1-19-7-6-16-8-14-11-20-15(17-14)18(9-12-2-3-12)10-13-4-5-13/h11-13,16H,2-10H2,1H3. The molecule has 0 aromatic carbocycles. The summed E-state index contributed by atoms with van der Waals surface area (Å²) in [6, 6.07) is 0. The first-order valence-corrected chi connectivity index (χ1v) is 8.62. The zero-order chi connectivity index (χ0) is 13.8. The van der Waals surface area contributed by atoms with Crippen molar-refractivity contribution in [3.63, 3.8) is 0 Å². The molecule has 0 radical (unpaired) electrons. The highest BCUT2D eigenvalue weighted by Crippen LogP contribution is 2.36. The average Bonchev–Trinajstić information content (AvgIpc) is 3.37. The Labute approximate surface area is 125 Å². The highest BCUT2D eigenvalue weighted by molar-refractivity contribution is 7.13. The van der Waals surface area contributed by atoms with Crippen molar-refractivity contribution < 1.29 is 4.74 Å². The minimum absolute atomic E-state index is 0.756. The molecule has 0 unspecified atom stereocenters.